The number of pyridine rings is 1. The van der Waals surface area contributed by atoms with Crippen LogP contribution in [0.2, 0.25) is 0 Å². The first-order chi connectivity index (χ1) is 14.4. The number of hydrogen-bond acceptors (Lipinski definition) is 5. The van der Waals surface area contributed by atoms with Crippen LogP contribution in [-0.4, -0.2) is 22.8 Å². The molecule has 0 bridgehead atoms. The summed E-state index contributed by atoms with van der Waals surface area (Å²) < 4.78 is 46.1. The van der Waals surface area contributed by atoms with Crippen LogP contribution in [-0.2, 0) is 6.18 Å². The minimum absolute atomic E-state index is 0.0150. The van der Waals surface area contributed by atoms with Gasteiger partial charge >= 0.3 is 6.18 Å². The number of nitrogens with zero attached hydrogens (tertiary/aromatic N) is 3. The SMILES string of the molecule is CCOc1ccc(C=Nc2nc(C(F)(F)F)c(-c3ccc4ccccc4n3)s2)cc1. The van der Waals surface area contributed by atoms with Crippen molar-refractivity contribution in [2.75, 3.05) is 6.61 Å². The van der Waals surface area contributed by atoms with Crippen LogP contribution in [0.5, 0.6) is 5.75 Å². The molecule has 0 aliphatic heterocycles. The molecule has 0 fully saturated rings. The molecule has 152 valence electrons. The molecule has 0 radical (unpaired) electrons. The van der Waals surface area contributed by atoms with Gasteiger partial charge in [-0.1, -0.05) is 35.6 Å². The summed E-state index contributed by atoms with van der Waals surface area (Å²) in [7, 11) is 0. The number of hydrogen-bond donors (Lipinski definition) is 0. The minimum atomic E-state index is -4.61. The lowest BCUT2D eigenvalue weighted by molar-refractivity contribution is -0.140. The van der Waals surface area contributed by atoms with E-state index in [4.69, 9.17) is 4.74 Å². The first-order valence-electron chi connectivity index (χ1n) is 9.15. The van der Waals surface area contributed by atoms with Crippen molar-refractivity contribution in [2.45, 2.75) is 13.1 Å². The van der Waals surface area contributed by atoms with E-state index in [1.807, 2.05) is 19.1 Å². The van der Waals surface area contributed by atoms with Gasteiger partial charge in [0.15, 0.2) is 5.69 Å². The Morgan fingerprint density at radius 3 is 2.50 bits per heavy atom. The zero-order chi connectivity index (χ0) is 21.1. The van der Waals surface area contributed by atoms with Crippen LogP contribution in [0, 0.1) is 0 Å². The highest BCUT2D eigenvalue weighted by Gasteiger charge is 2.38. The first-order valence-corrected chi connectivity index (χ1v) is 9.97. The fourth-order valence-electron chi connectivity index (χ4n) is 2.87. The molecule has 4 aromatic rings. The maximum absolute atomic E-state index is 13.6. The van der Waals surface area contributed by atoms with E-state index in [0.29, 0.717) is 17.9 Å². The van der Waals surface area contributed by atoms with Gasteiger partial charge in [-0.3, -0.25) is 0 Å². The van der Waals surface area contributed by atoms with Crippen LogP contribution in [0.3, 0.4) is 0 Å². The smallest absolute Gasteiger partial charge is 0.434 e. The number of thiazole rings is 1. The number of aromatic nitrogens is 2. The van der Waals surface area contributed by atoms with Gasteiger partial charge < -0.3 is 4.74 Å². The zero-order valence-electron chi connectivity index (χ0n) is 15.8. The molecule has 0 aliphatic rings. The fraction of sp³-hybridized carbons (Fsp3) is 0.136. The molecular weight excluding hydrogens is 411 g/mol. The van der Waals surface area contributed by atoms with Crippen LogP contribution in [0.4, 0.5) is 18.3 Å². The van der Waals surface area contributed by atoms with Crippen molar-refractivity contribution in [1.29, 1.82) is 0 Å². The largest absolute Gasteiger partial charge is 0.494 e. The highest BCUT2D eigenvalue weighted by molar-refractivity contribution is 7.18. The van der Waals surface area contributed by atoms with E-state index in [-0.39, 0.29) is 15.7 Å². The Bertz CT molecular complexity index is 1200. The normalized spacial score (nSPS) is 12.0. The predicted octanol–water partition coefficient (Wildman–Crippen LogP) is 6.53. The fourth-order valence-corrected chi connectivity index (χ4v) is 3.77. The lowest BCUT2D eigenvalue weighted by atomic mass is 10.2. The number of rotatable bonds is 5. The van der Waals surface area contributed by atoms with E-state index >= 15 is 0 Å². The van der Waals surface area contributed by atoms with Crippen molar-refractivity contribution in [3.05, 3.63) is 71.9 Å². The average Bonchev–Trinajstić information content (AvgIpc) is 3.18. The van der Waals surface area contributed by atoms with Crippen LogP contribution >= 0.6 is 11.3 Å². The molecule has 0 unspecified atom stereocenters. The van der Waals surface area contributed by atoms with E-state index in [0.717, 1.165) is 22.3 Å². The molecule has 0 atom stereocenters. The molecular formula is C22H16F3N3OS. The van der Waals surface area contributed by atoms with Crippen LogP contribution in [0.1, 0.15) is 18.2 Å². The Kier molecular flexibility index (Phi) is 5.50. The summed E-state index contributed by atoms with van der Waals surface area (Å²) in [5, 5.41) is 0.870. The molecule has 4 rings (SSSR count). The van der Waals surface area contributed by atoms with E-state index in [1.165, 1.54) is 6.21 Å². The molecule has 0 spiro atoms. The van der Waals surface area contributed by atoms with Gasteiger partial charge in [-0.05, 0) is 48.9 Å². The number of ether oxygens (including phenoxy) is 1. The quantitative estimate of drug-likeness (QED) is 0.340. The molecule has 2 aromatic heterocycles. The summed E-state index contributed by atoms with van der Waals surface area (Å²) in [6, 6.07) is 17.7. The monoisotopic (exact) mass is 427 g/mol. The Morgan fingerprint density at radius 2 is 1.77 bits per heavy atom. The minimum Gasteiger partial charge on any atom is -0.494 e. The highest BCUT2D eigenvalue weighted by Crippen LogP contribution is 2.42. The standard InChI is InChI=1S/C22H16F3N3OS/c1-2-29-16-10-7-14(8-11-16)13-26-21-28-20(22(23,24)25)19(30-21)18-12-9-15-5-3-4-6-17(15)27-18/h3-13H,2H2,1H3. The first kappa shape index (κ1) is 20.0. The van der Waals surface area contributed by atoms with E-state index in [9.17, 15) is 13.2 Å². The predicted molar refractivity (Wildman–Crippen MR) is 113 cm³/mol. The van der Waals surface area contributed by atoms with E-state index < -0.39 is 11.9 Å². The van der Waals surface area contributed by atoms with Gasteiger partial charge in [-0.25, -0.2) is 15.0 Å². The van der Waals surface area contributed by atoms with Gasteiger partial charge in [0.25, 0.3) is 0 Å². The third-order valence-electron chi connectivity index (χ3n) is 4.23. The lowest BCUT2D eigenvalue weighted by Crippen LogP contribution is -2.07. The van der Waals surface area contributed by atoms with Gasteiger partial charge in [-0.15, -0.1) is 0 Å². The summed E-state index contributed by atoms with van der Waals surface area (Å²) in [6.07, 6.45) is -3.13. The molecule has 0 saturated heterocycles. The summed E-state index contributed by atoms with van der Waals surface area (Å²) in [6.45, 7) is 2.44. The number of benzene rings is 2. The van der Waals surface area contributed by atoms with Crippen molar-refractivity contribution in [3.63, 3.8) is 0 Å². The van der Waals surface area contributed by atoms with Crippen molar-refractivity contribution >= 4 is 33.6 Å². The van der Waals surface area contributed by atoms with Crippen LogP contribution < -0.4 is 4.74 Å². The second-order valence-corrected chi connectivity index (χ2v) is 7.30. The Labute approximate surface area is 174 Å². The molecule has 0 amide bonds. The zero-order valence-corrected chi connectivity index (χ0v) is 16.7. The molecule has 30 heavy (non-hydrogen) atoms. The molecule has 0 saturated carbocycles. The number of halogens is 3. The molecule has 2 aromatic carbocycles. The highest BCUT2D eigenvalue weighted by atomic mass is 32.1. The number of alkyl halides is 3. The van der Waals surface area contributed by atoms with Crippen molar-refractivity contribution in [3.8, 4) is 16.3 Å². The Morgan fingerprint density at radius 1 is 1.00 bits per heavy atom. The van der Waals surface area contributed by atoms with Crippen LogP contribution in [0.15, 0.2) is 65.7 Å². The van der Waals surface area contributed by atoms with Crippen molar-refractivity contribution < 1.29 is 17.9 Å². The lowest BCUT2D eigenvalue weighted by Gasteiger charge is -2.06. The number of aliphatic imine (C=N–C) groups is 1. The van der Waals surface area contributed by atoms with Gasteiger partial charge in [0.05, 0.1) is 22.7 Å². The molecule has 2 heterocycles. The second-order valence-electron chi connectivity index (χ2n) is 6.32. The summed E-state index contributed by atoms with van der Waals surface area (Å²) in [5.74, 6) is 0.716. The van der Waals surface area contributed by atoms with Gasteiger partial charge in [-0.2, -0.15) is 13.2 Å². The number of fused-ring (bicyclic) bond motifs is 1. The van der Waals surface area contributed by atoms with Gasteiger partial charge in [0.2, 0.25) is 5.13 Å². The molecule has 0 aliphatic carbocycles. The summed E-state index contributed by atoms with van der Waals surface area (Å²) in [4.78, 5) is 12.2. The maximum Gasteiger partial charge on any atom is 0.434 e. The van der Waals surface area contributed by atoms with Crippen LogP contribution in [0.25, 0.3) is 21.5 Å². The Hall–Kier alpha value is -3.26. The third kappa shape index (κ3) is 4.33. The second kappa shape index (κ2) is 8.23. The van der Waals surface area contributed by atoms with E-state index in [1.54, 1.807) is 48.5 Å². The van der Waals surface area contributed by atoms with E-state index in [2.05, 4.69) is 15.0 Å². The number of para-hydroxylation sites is 1. The molecule has 0 N–H and O–H groups in total. The third-order valence-corrected chi connectivity index (χ3v) is 5.22. The van der Waals surface area contributed by atoms with Gasteiger partial charge in [0, 0.05) is 11.6 Å². The molecule has 4 nitrogen and oxygen atoms in total. The summed E-state index contributed by atoms with van der Waals surface area (Å²) in [5.41, 5.74) is 0.596. The molecule has 8 heteroatoms. The van der Waals surface area contributed by atoms with Gasteiger partial charge in [0.1, 0.15) is 5.75 Å². The summed E-state index contributed by atoms with van der Waals surface area (Å²) >= 11 is 0.862. The van der Waals surface area contributed by atoms with Crippen molar-refractivity contribution in [1.82, 2.24) is 9.97 Å². The topological polar surface area (TPSA) is 47.4 Å². The average molecular weight is 427 g/mol. The maximum atomic E-state index is 13.6. The Balaban J connectivity index is 1.69. The van der Waals surface area contributed by atoms with Crippen molar-refractivity contribution in [2.24, 2.45) is 4.99 Å².